The molecule has 0 radical (unpaired) electrons. The number of nitrogens with one attached hydrogen (secondary N) is 2. The van der Waals surface area contributed by atoms with E-state index in [0.717, 1.165) is 12.8 Å². The molecule has 1 aliphatic carbocycles. The second-order valence-electron chi connectivity index (χ2n) is 5.36. The summed E-state index contributed by atoms with van der Waals surface area (Å²) in [6.07, 6.45) is 3.04. The number of phenols is 1. The minimum Gasteiger partial charge on any atom is -0.508 e. The van der Waals surface area contributed by atoms with Crippen LogP contribution < -0.4 is 10.6 Å². The summed E-state index contributed by atoms with van der Waals surface area (Å²) in [5, 5.41) is 14.4. The molecule has 0 unspecified atom stereocenters. The lowest BCUT2D eigenvalue weighted by Gasteiger charge is -2.34. The van der Waals surface area contributed by atoms with Gasteiger partial charge in [0.1, 0.15) is 11.3 Å². The van der Waals surface area contributed by atoms with Crippen LogP contribution in [0.5, 0.6) is 5.75 Å². The van der Waals surface area contributed by atoms with Gasteiger partial charge in [-0.3, -0.25) is 10.1 Å². The van der Waals surface area contributed by atoms with Crippen molar-refractivity contribution in [3.63, 3.8) is 0 Å². The van der Waals surface area contributed by atoms with E-state index in [4.69, 9.17) is 0 Å². The lowest BCUT2D eigenvalue weighted by molar-refractivity contribution is -0.125. The quantitative estimate of drug-likeness (QED) is 0.671. The van der Waals surface area contributed by atoms with Gasteiger partial charge in [-0.2, -0.15) is 0 Å². The fraction of sp³-hybridized carbons (Fsp3) is 0.429. The number of urea groups is 1. The van der Waals surface area contributed by atoms with Crippen LogP contribution >= 0.6 is 0 Å². The zero-order valence-electron chi connectivity index (χ0n) is 10.5. The topological polar surface area (TPSA) is 78.4 Å². The van der Waals surface area contributed by atoms with Crippen molar-refractivity contribution in [3.05, 3.63) is 29.8 Å². The van der Waals surface area contributed by atoms with Crippen molar-refractivity contribution in [1.29, 1.82) is 0 Å². The van der Waals surface area contributed by atoms with E-state index >= 15 is 0 Å². The molecule has 3 N–H and O–H groups in total. The van der Waals surface area contributed by atoms with E-state index in [1.54, 1.807) is 12.1 Å². The van der Waals surface area contributed by atoms with Crippen molar-refractivity contribution in [2.24, 2.45) is 0 Å². The molecular weight excluding hydrogens is 244 g/mol. The third kappa shape index (κ3) is 2.05. The van der Waals surface area contributed by atoms with E-state index in [0.29, 0.717) is 18.8 Å². The monoisotopic (exact) mass is 260 g/mol. The number of carbonyl (C=O) groups excluding carboxylic acids is 2. The predicted molar refractivity (Wildman–Crippen MR) is 68.7 cm³/mol. The standard InChI is InChI=1S/C14H16N2O3/c17-11-3-1-9(2-4-11)10-5-7-14(8-6-10)12(18)15-13(19)16-14/h1-4,10,17H,5-8H2,(H2,15,16,18,19)/t10-,14+. The lowest BCUT2D eigenvalue weighted by Crippen LogP contribution is -2.49. The molecule has 19 heavy (non-hydrogen) atoms. The number of amides is 3. The number of carbonyl (C=O) groups is 2. The van der Waals surface area contributed by atoms with Gasteiger partial charge in [-0.05, 0) is 49.3 Å². The van der Waals surface area contributed by atoms with Crippen LogP contribution in [0.15, 0.2) is 24.3 Å². The molecule has 1 saturated carbocycles. The number of benzene rings is 1. The maximum atomic E-state index is 11.8. The van der Waals surface area contributed by atoms with E-state index < -0.39 is 5.54 Å². The highest BCUT2D eigenvalue weighted by Crippen LogP contribution is 2.39. The number of hydrogen-bond donors (Lipinski definition) is 3. The number of aromatic hydroxyl groups is 1. The maximum Gasteiger partial charge on any atom is 0.322 e. The Bertz CT molecular complexity index is 516. The Morgan fingerprint density at radius 1 is 1.11 bits per heavy atom. The molecular formula is C14H16N2O3. The van der Waals surface area contributed by atoms with Crippen molar-refractivity contribution in [1.82, 2.24) is 10.6 Å². The van der Waals surface area contributed by atoms with Crippen molar-refractivity contribution >= 4 is 11.9 Å². The Labute approximate surface area is 111 Å². The van der Waals surface area contributed by atoms with Gasteiger partial charge in [0.05, 0.1) is 0 Å². The summed E-state index contributed by atoms with van der Waals surface area (Å²) < 4.78 is 0. The summed E-state index contributed by atoms with van der Waals surface area (Å²) in [4.78, 5) is 23.1. The third-order valence-electron chi connectivity index (χ3n) is 4.22. The molecule has 2 aliphatic rings. The van der Waals surface area contributed by atoms with Gasteiger partial charge in [0.15, 0.2) is 0 Å². The Kier molecular flexibility index (Phi) is 2.69. The SMILES string of the molecule is O=C1NC(=O)[C@]2(CC[C@H](c3ccc(O)cc3)CC2)N1. The number of phenolic OH excluding ortho intramolecular Hbond substituents is 1. The molecule has 100 valence electrons. The van der Waals surface area contributed by atoms with Crippen molar-refractivity contribution in [3.8, 4) is 5.75 Å². The zero-order valence-corrected chi connectivity index (χ0v) is 10.5. The molecule has 5 nitrogen and oxygen atoms in total. The normalized spacial score (nSPS) is 30.2. The predicted octanol–water partition coefficient (Wildman–Crippen LogP) is 1.63. The molecule has 1 spiro atoms. The molecule has 1 aromatic carbocycles. The molecule has 0 aromatic heterocycles. The molecule has 1 heterocycles. The fourth-order valence-electron chi connectivity index (χ4n) is 3.07. The van der Waals surface area contributed by atoms with E-state index in [1.807, 2.05) is 12.1 Å². The average molecular weight is 260 g/mol. The Morgan fingerprint density at radius 2 is 1.74 bits per heavy atom. The maximum absolute atomic E-state index is 11.8. The van der Waals surface area contributed by atoms with Gasteiger partial charge >= 0.3 is 6.03 Å². The zero-order chi connectivity index (χ0) is 13.5. The smallest absolute Gasteiger partial charge is 0.322 e. The number of hydrogen-bond acceptors (Lipinski definition) is 3. The van der Waals surface area contributed by atoms with Gasteiger partial charge in [0, 0.05) is 0 Å². The van der Waals surface area contributed by atoms with Gasteiger partial charge < -0.3 is 10.4 Å². The largest absolute Gasteiger partial charge is 0.508 e. The second-order valence-corrected chi connectivity index (χ2v) is 5.36. The molecule has 1 aliphatic heterocycles. The van der Waals surface area contributed by atoms with Gasteiger partial charge in [-0.25, -0.2) is 4.79 Å². The summed E-state index contributed by atoms with van der Waals surface area (Å²) in [6, 6.07) is 6.83. The second kappa shape index (κ2) is 4.26. The van der Waals surface area contributed by atoms with Crippen LogP contribution in [0, 0.1) is 0 Å². The highest BCUT2D eigenvalue weighted by Gasteiger charge is 2.48. The van der Waals surface area contributed by atoms with E-state index in [1.165, 1.54) is 5.56 Å². The minimum absolute atomic E-state index is 0.193. The van der Waals surface area contributed by atoms with Crippen molar-refractivity contribution < 1.29 is 14.7 Å². The van der Waals surface area contributed by atoms with Crippen LogP contribution in [0.4, 0.5) is 4.79 Å². The summed E-state index contributed by atoms with van der Waals surface area (Å²) >= 11 is 0. The first-order valence-corrected chi connectivity index (χ1v) is 6.52. The van der Waals surface area contributed by atoms with Gasteiger partial charge in [-0.15, -0.1) is 0 Å². The Hall–Kier alpha value is -2.04. The van der Waals surface area contributed by atoms with Crippen LogP contribution in [0.25, 0.3) is 0 Å². The summed E-state index contributed by atoms with van der Waals surface area (Å²) in [6.45, 7) is 0. The first-order valence-electron chi connectivity index (χ1n) is 6.52. The first-order chi connectivity index (χ1) is 9.09. The molecule has 3 rings (SSSR count). The molecule has 0 bridgehead atoms. The minimum atomic E-state index is -0.690. The van der Waals surface area contributed by atoms with Gasteiger partial charge in [0.2, 0.25) is 0 Å². The Balaban J connectivity index is 1.71. The fourth-order valence-corrected chi connectivity index (χ4v) is 3.07. The average Bonchev–Trinajstić information content (AvgIpc) is 2.66. The van der Waals surface area contributed by atoms with Crippen molar-refractivity contribution in [2.45, 2.75) is 37.1 Å². The highest BCUT2D eigenvalue weighted by molar-refractivity contribution is 6.07. The van der Waals surface area contributed by atoms with E-state index in [2.05, 4.69) is 10.6 Å². The summed E-state index contributed by atoms with van der Waals surface area (Å²) in [5.41, 5.74) is 0.488. The van der Waals surface area contributed by atoms with Crippen LogP contribution in [0.2, 0.25) is 0 Å². The molecule has 1 saturated heterocycles. The Morgan fingerprint density at radius 3 is 2.26 bits per heavy atom. The van der Waals surface area contributed by atoms with Gasteiger partial charge in [0.25, 0.3) is 5.91 Å². The third-order valence-corrected chi connectivity index (χ3v) is 4.22. The summed E-state index contributed by atoms with van der Waals surface area (Å²) in [5.74, 6) is 0.455. The van der Waals surface area contributed by atoms with Crippen LogP contribution in [0.1, 0.15) is 37.2 Å². The highest BCUT2D eigenvalue weighted by atomic mass is 16.3. The lowest BCUT2D eigenvalue weighted by atomic mass is 9.74. The number of imide groups is 1. The molecule has 3 amide bonds. The van der Waals surface area contributed by atoms with Crippen LogP contribution in [-0.2, 0) is 4.79 Å². The molecule has 1 aromatic rings. The first kappa shape index (κ1) is 12.0. The molecule has 0 atom stereocenters. The van der Waals surface area contributed by atoms with E-state index in [-0.39, 0.29) is 17.7 Å². The molecule has 5 heteroatoms. The molecule has 2 fully saturated rings. The number of rotatable bonds is 1. The van der Waals surface area contributed by atoms with E-state index in [9.17, 15) is 14.7 Å². The van der Waals surface area contributed by atoms with Crippen LogP contribution in [-0.4, -0.2) is 22.6 Å². The summed E-state index contributed by atoms with van der Waals surface area (Å²) in [7, 11) is 0. The van der Waals surface area contributed by atoms with Crippen LogP contribution in [0.3, 0.4) is 0 Å². The van der Waals surface area contributed by atoms with Crippen molar-refractivity contribution in [2.75, 3.05) is 0 Å². The van der Waals surface area contributed by atoms with Gasteiger partial charge in [-0.1, -0.05) is 12.1 Å².